The fraction of sp³-hybridized carbons (Fsp3) is 0.545. The molecule has 1 aromatic heterocycles. The molecule has 0 bridgehead atoms. The number of likely N-dealkylation sites (tertiary alicyclic amines) is 1. The second-order valence-corrected chi connectivity index (χ2v) is 6.38. The number of piperidine rings is 1. The van der Waals surface area contributed by atoms with Gasteiger partial charge in [0.2, 0.25) is 0 Å². The number of H-pyrrole nitrogens is 1. The molecule has 2 heterocycles. The van der Waals surface area contributed by atoms with E-state index < -0.39 is 10.2 Å². The highest BCUT2D eigenvalue weighted by molar-refractivity contribution is 7.87. The highest BCUT2D eigenvalue weighted by Gasteiger charge is 2.25. The van der Waals surface area contributed by atoms with Crippen LogP contribution in [0.1, 0.15) is 23.3 Å². The Kier molecular flexibility index (Phi) is 4.31. The van der Waals surface area contributed by atoms with Crippen LogP contribution >= 0.6 is 0 Å². The zero-order valence-corrected chi connectivity index (χ0v) is 11.8. The molecule has 2 rings (SSSR count). The van der Waals surface area contributed by atoms with E-state index in [4.69, 9.17) is 10.9 Å². The van der Waals surface area contributed by atoms with Crippen LogP contribution in [0.25, 0.3) is 0 Å². The molecular formula is C11H19N5O3S. The van der Waals surface area contributed by atoms with E-state index in [0.717, 1.165) is 12.8 Å². The van der Waals surface area contributed by atoms with E-state index in [0.29, 0.717) is 24.5 Å². The van der Waals surface area contributed by atoms with Crippen molar-refractivity contribution in [1.29, 1.82) is 0 Å². The molecule has 0 aromatic carbocycles. The lowest BCUT2D eigenvalue weighted by molar-refractivity contribution is 0.0671. The van der Waals surface area contributed by atoms with Crippen LogP contribution in [-0.2, 0) is 10.2 Å². The number of hydrogen-bond donors (Lipinski definition) is 4. The van der Waals surface area contributed by atoms with E-state index >= 15 is 0 Å². The van der Waals surface area contributed by atoms with Crippen molar-refractivity contribution >= 4 is 21.8 Å². The first-order valence-electron chi connectivity index (χ1n) is 6.36. The van der Waals surface area contributed by atoms with Gasteiger partial charge in [0.1, 0.15) is 5.69 Å². The lowest BCUT2D eigenvalue weighted by atomic mass is 9.98. The van der Waals surface area contributed by atoms with Gasteiger partial charge in [-0.1, -0.05) is 0 Å². The van der Waals surface area contributed by atoms with Gasteiger partial charge >= 0.3 is 0 Å². The standard InChI is InChI=1S/C11H19N5O3S/c12-9-4-10(14-6-9)11(17)16-3-1-2-8(7-16)5-15-20(13,18)19/h4,6,8,14-15H,1-3,5,7,12H2,(H2,13,18,19). The maximum absolute atomic E-state index is 12.2. The van der Waals surface area contributed by atoms with E-state index in [-0.39, 0.29) is 18.4 Å². The first kappa shape index (κ1) is 14.8. The molecule has 0 radical (unpaired) electrons. The number of hydrogen-bond acceptors (Lipinski definition) is 4. The number of rotatable bonds is 4. The summed E-state index contributed by atoms with van der Waals surface area (Å²) in [5.74, 6) is -0.0552. The molecule has 20 heavy (non-hydrogen) atoms. The number of nitrogens with zero attached hydrogens (tertiary/aromatic N) is 1. The Labute approximate surface area is 117 Å². The largest absolute Gasteiger partial charge is 0.397 e. The third-order valence-electron chi connectivity index (χ3n) is 3.32. The lowest BCUT2D eigenvalue weighted by Crippen LogP contribution is -2.44. The van der Waals surface area contributed by atoms with Crippen molar-refractivity contribution in [2.75, 3.05) is 25.4 Å². The highest BCUT2D eigenvalue weighted by Crippen LogP contribution is 2.18. The maximum Gasteiger partial charge on any atom is 0.274 e. The second-order valence-electron chi connectivity index (χ2n) is 5.00. The summed E-state index contributed by atoms with van der Waals surface area (Å²) in [6.07, 6.45) is 3.26. The van der Waals surface area contributed by atoms with Crippen LogP contribution in [-0.4, -0.2) is 43.8 Å². The molecule has 1 aromatic rings. The summed E-state index contributed by atoms with van der Waals surface area (Å²) in [5, 5.41) is 4.90. The predicted molar refractivity (Wildman–Crippen MR) is 74.9 cm³/mol. The summed E-state index contributed by atoms with van der Waals surface area (Å²) >= 11 is 0. The number of carbonyl (C=O) groups is 1. The molecular weight excluding hydrogens is 282 g/mol. The van der Waals surface area contributed by atoms with Gasteiger partial charge < -0.3 is 15.6 Å². The number of amides is 1. The molecule has 1 fully saturated rings. The number of aromatic amines is 1. The number of carbonyl (C=O) groups excluding carboxylic acids is 1. The molecule has 1 amide bonds. The van der Waals surface area contributed by atoms with Gasteiger partial charge in [-0.15, -0.1) is 0 Å². The molecule has 112 valence electrons. The van der Waals surface area contributed by atoms with Gasteiger partial charge in [0.15, 0.2) is 0 Å². The molecule has 1 aliphatic rings. The van der Waals surface area contributed by atoms with Crippen molar-refractivity contribution in [2.24, 2.45) is 11.1 Å². The van der Waals surface area contributed by atoms with Crippen LogP contribution in [0, 0.1) is 5.92 Å². The number of aromatic nitrogens is 1. The van der Waals surface area contributed by atoms with Gasteiger partial charge in [-0.3, -0.25) is 4.79 Å². The Morgan fingerprint density at radius 3 is 2.90 bits per heavy atom. The van der Waals surface area contributed by atoms with E-state index in [1.54, 1.807) is 17.2 Å². The van der Waals surface area contributed by atoms with Crippen molar-refractivity contribution in [2.45, 2.75) is 12.8 Å². The third-order valence-corrected chi connectivity index (χ3v) is 3.88. The monoisotopic (exact) mass is 301 g/mol. The summed E-state index contributed by atoms with van der Waals surface area (Å²) in [6, 6.07) is 1.59. The van der Waals surface area contributed by atoms with E-state index in [1.165, 1.54) is 0 Å². The van der Waals surface area contributed by atoms with Crippen LogP contribution in [0.4, 0.5) is 5.69 Å². The number of nitrogens with two attached hydrogens (primary N) is 2. The van der Waals surface area contributed by atoms with Crippen molar-refractivity contribution in [3.05, 3.63) is 18.0 Å². The zero-order valence-electron chi connectivity index (χ0n) is 11.0. The number of nitrogens with one attached hydrogen (secondary N) is 2. The molecule has 9 heteroatoms. The number of anilines is 1. The first-order valence-corrected chi connectivity index (χ1v) is 7.90. The number of nitrogen functional groups attached to an aromatic ring is 1. The summed E-state index contributed by atoms with van der Waals surface area (Å²) in [7, 11) is -3.69. The summed E-state index contributed by atoms with van der Waals surface area (Å²) in [5.41, 5.74) is 6.53. The minimum atomic E-state index is -3.69. The van der Waals surface area contributed by atoms with Crippen LogP contribution in [0.2, 0.25) is 0 Å². The summed E-state index contributed by atoms with van der Waals surface area (Å²) < 4.78 is 24.0. The van der Waals surface area contributed by atoms with Gasteiger partial charge in [0.05, 0.1) is 0 Å². The topological polar surface area (TPSA) is 134 Å². The quantitative estimate of drug-likeness (QED) is 0.581. The smallest absolute Gasteiger partial charge is 0.274 e. The van der Waals surface area contributed by atoms with Crippen LogP contribution in [0.15, 0.2) is 12.3 Å². The Bertz CT molecular complexity index is 583. The molecule has 0 aliphatic carbocycles. The van der Waals surface area contributed by atoms with Gasteiger partial charge in [-0.25, -0.2) is 9.86 Å². The molecule has 1 saturated heterocycles. The minimum Gasteiger partial charge on any atom is -0.397 e. The molecule has 1 unspecified atom stereocenters. The Hall–Kier alpha value is -1.58. The highest BCUT2D eigenvalue weighted by atomic mass is 32.2. The fourth-order valence-electron chi connectivity index (χ4n) is 2.36. The van der Waals surface area contributed by atoms with Gasteiger partial charge in [0.25, 0.3) is 16.1 Å². The van der Waals surface area contributed by atoms with Crippen molar-refractivity contribution in [3.63, 3.8) is 0 Å². The first-order chi connectivity index (χ1) is 9.35. The average Bonchev–Trinajstić information content (AvgIpc) is 2.82. The SMILES string of the molecule is Nc1c[nH]c(C(=O)N2CCCC(CNS(N)(=O)=O)C2)c1. The minimum absolute atomic E-state index is 0.0679. The van der Waals surface area contributed by atoms with Crippen molar-refractivity contribution in [3.8, 4) is 0 Å². The Balaban J connectivity index is 1.94. The van der Waals surface area contributed by atoms with Crippen LogP contribution < -0.4 is 15.6 Å². The lowest BCUT2D eigenvalue weighted by Gasteiger charge is -2.32. The molecule has 6 N–H and O–H groups in total. The predicted octanol–water partition coefficient (Wildman–Crippen LogP) is -0.758. The average molecular weight is 301 g/mol. The molecule has 8 nitrogen and oxygen atoms in total. The van der Waals surface area contributed by atoms with Gasteiger partial charge in [-0.05, 0) is 24.8 Å². The molecule has 1 aliphatic heterocycles. The van der Waals surface area contributed by atoms with E-state index in [2.05, 4.69) is 9.71 Å². The van der Waals surface area contributed by atoms with Crippen molar-refractivity contribution < 1.29 is 13.2 Å². The van der Waals surface area contributed by atoms with Gasteiger partial charge in [0, 0.05) is 31.5 Å². The van der Waals surface area contributed by atoms with E-state index in [1.807, 2.05) is 0 Å². The van der Waals surface area contributed by atoms with Gasteiger partial charge in [-0.2, -0.15) is 8.42 Å². The third kappa shape index (κ3) is 3.95. The van der Waals surface area contributed by atoms with E-state index in [9.17, 15) is 13.2 Å². The second kappa shape index (κ2) is 5.81. The molecule has 0 spiro atoms. The zero-order chi connectivity index (χ0) is 14.8. The fourth-order valence-corrected chi connectivity index (χ4v) is 2.82. The molecule has 1 atom stereocenters. The van der Waals surface area contributed by atoms with Crippen LogP contribution in [0.5, 0.6) is 0 Å². The maximum atomic E-state index is 12.2. The molecule has 0 saturated carbocycles. The van der Waals surface area contributed by atoms with Crippen molar-refractivity contribution in [1.82, 2.24) is 14.6 Å². The van der Waals surface area contributed by atoms with Crippen LogP contribution in [0.3, 0.4) is 0 Å². The Morgan fingerprint density at radius 1 is 1.55 bits per heavy atom. The summed E-state index contributed by atoms with van der Waals surface area (Å²) in [6.45, 7) is 1.40. The normalized spacial score (nSPS) is 20.1. The Morgan fingerprint density at radius 2 is 2.30 bits per heavy atom. The summed E-state index contributed by atoms with van der Waals surface area (Å²) in [4.78, 5) is 16.8.